The van der Waals surface area contributed by atoms with Gasteiger partial charge in [0.05, 0.1) is 21.7 Å². The van der Waals surface area contributed by atoms with E-state index in [1.807, 2.05) is 0 Å². The molecule has 0 aliphatic heterocycles. The van der Waals surface area contributed by atoms with E-state index >= 15 is 0 Å². The first-order chi connectivity index (χ1) is 21.9. The normalized spacial score (nSPS) is 12.4. The second-order valence-electron chi connectivity index (χ2n) is 9.42. The molecule has 19 nitrogen and oxygen atoms in total. The molecule has 9 N–H and O–H groups in total. The fraction of sp³-hybridized carbons (Fsp3) is 0. The number of hydrogen-bond acceptors (Lipinski definition) is 15. The molecule has 1 aromatic heterocycles. The molecule has 0 aliphatic rings. The van der Waals surface area contributed by atoms with Gasteiger partial charge < -0.3 is 21.5 Å². The standard InChI is InChI=1S/C25H20N8O11S3/c26-15-7-5-12-9-14(45(36,37)38)11-18(34)21(12)22(15)33-32-17-10-13(6-8-20(17)47(42,43)44)27-23-29-24(31-25(35)30-23)28-16-3-1-2-4-19(16)46(39,40)41/h1-11,34H,26H2,(H,36,37,38)(H,39,40,41)(H,42,43,44)(H3,27,28,29,30,31,35). The van der Waals surface area contributed by atoms with Crippen LogP contribution in [0.25, 0.3) is 10.8 Å². The fourth-order valence-corrected chi connectivity index (χ4v) is 6.01. The van der Waals surface area contributed by atoms with Crippen LogP contribution in [0.3, 0.4) is 0 Å². The van der Waals surface area contributed by atoms with Crippen molar-refractivity contribution in [1.29, 1.82) is 0 Å². The van der Waals surface area contributed by atoms with Gasteiger partial charge in [-0.3, -0.25) is 18.6 Å². The zero-order chi connectivity index (χ0) is 34.3. The molecular weight excluding hydrogens is 685 g/mol. The van der Waals surface area contributed by atoms with E-state index in [1.165, 1.54) is 30.3 Å². The average Bonchev–Trinajstić information content (AvgIpc) is 2.95. The molecule has 1 heterocycles. The number of nitrogens with one attached hydrogen (secondary N) is 3. The number of aromatic hydroxyl groups is 1. The number of hydrogen-bond donors (Lipinski definition) is 8. The number of nitrogens with two attached hydrogens (primary N) is 1. The molecular formula is C25H20N8O11S3. The van der Waals surface area contributed by atoms with Gasteiger partial charge in [-0.1, -0.05) is 18.2 Å². The Kier molecular flexibility index (Phi) is 8.40. The van der Waals surface area contributed by atoms with Crippen LogP contribution < -0.4 is 22.1 Å². The predicted molar refractivity (Wildman–Crippen MR) is 166 cm³/mol. The van der Waals surface area contributed by atoms with Gasteiger partial charge in [-0.05, 0) is 47.9 Å². The first kappa shape index (κ1) is 32.9. The molecule has 0 saturated carbocycles. The van der Waals surface area contributed by atoms with Crippen LogP contribution in [-0.2, 0) is 30.4 Å². The highest BCUT2D eigenvalue weighted by atomic mass is 32.2. The molecule has 0 fully saturated rings. The van der Waals surface area contributed by atoms with E-state index in [1.54, 1.807) is 0 Å². The summed E-state index contributed by atoms with van der Waals surface area (Å²) in [5.74, 6) is -1.33. The van der Waals surface area contributed by atoms with Gasteiger partial charge in [0.15, 0.2) is 0 Å². The minimum absolute atomic E-state index is 0.0246. The number of aromatic amines is 1. The van der Waals surface area contributed by atoms with Gasteiger partial charge >= 0.3 is 5.69 Å². The van der Waals surface area contributed by atoms with E-state index in [2.05, 4.69) is 35.8 Å². The summed E-state index contributed by atoms with van der Waals surface area (Å²) in [7, 11) is -14.2. The van der Waals surface area contributed by atoms with Gasteiger partial charge in [-0.25, -0.2) is 4.79 Å². The van der Waals surface area contributed by atoms with E-state index < -0.39 is 68.1 Å². The summed E-state index contributed by atoms with van der Waals surface area (Å²) >= 11 is 0. The Hall–Kier alpha value is -5.52. The summed E-state index contributed by atoms with van der Waals surface area (Å²) in [6.45, 7) is 0. The van der Waals surface area contributed by atoms with Crippen LogP contribution in [0.2, 0.25) is 0 Å². The number of benzene rings is 4. The number of phenolic OH excluding ortho intramolecular Hbond substituents is 1. The number of nitrogen functional groups attached to an aromatic ring is 1. The topological polar surface area (TPSA) is 317 Å². The molecule has 244 valence electrons. The molecule has 0 radical (unpaired) electrons. The Morgan fingerprint density at radius 1 is 0.766 bits per heavy atom. The highest BCUT2D eigenvalue weighted by molar-refractivity contribution is 7.86. The fourth-order valence-electron chi connectivity index (χ4n) is 4.22. The second-order valence-corrected chi connectivity index (χ2v) is 13.6. The summed E-state index contributed by atoms with van der Waals surface area (Å²) in [6.07, 6.45) is 0. The molecule has 5 aromatic rings. The second kappa shape index (κ2) is 12.0. The maximum atomic E-state index is 12.2. The van der Waals surface area contributed by atoms with Gasteiger partial charge in [-0.15, -0.1) is 10.2 Å². The molecule has 0 spiro atoms. The molecule has 4 aromatic carbocycles. The van der Waals surface area contributed by atoms with Crippen molar-refractivity contribution in [2.75, 3.05) is 16.4 Å². The van der Waals surface area contributed by atoms with Crippen molar-refractivity contribution >= 4 is 81.5 Å². The van der Waals surface area contributed by atoms with Crippen LogP contribution in [0.1, 0.15) is 0 Å². The van der Waals surface area contributed by atoms with Crippen LogP contribution in [0.15, 0.2) is 96.4 Å². The third-order valence-electron chi connectivity index (χ3n) is 6.19. The number of phenols is 1. The smallest absolute Gasteiger partial charge is 0.351 e. The van der Waals surface area contributed by atoms with Crippen molar-refractivity contribution in [2.24, 2.45) is 10.2 Å². The lowest BCUT2D eigenvalue weighted by Crippen LogP contribution is -2.17. The summed E-state index contributed by atoms with van der Waals surface area (Å²) in [5.41, 5.74) is 4.15. The number of aromatic nitrogens is 3. The minimum atomic E-state index is -4.89. The summed E-state index contributed by atoms with van der Waals surface area (Å²) in [4.78, 5) is 20.3. The van der Waals surface area contributed by atoms with Crippen LogP contribution in [0.4, 0.5) is 40.3 Å². The van der Waals surface area contributed by atoms with Crippen LogP contribution in [0, 0.1) is 0 Å². The molecule has 5 rings (SSSR count). The van der Waals surface area contributed by atoms with Crippen molar-refractivity contribution < 1.29 is 44.0 Å². The first-order valence-electron chi connectivity index (χ1n) is 12.5. The molecule has 0 atom stereocenters. The number of rotatable bonds is 9. The van der Waals surface area contributed by atoms with Gasteiger partial charge in [0, 0.05) is 11.8 Å². The highest BCUT2D eigenvalue weighted by Crippen LogP contribution is 2.41. The van der Waals surface area contributed by atoms with Crippen molar-refractivity contribution in [2.45, 2.75) is 14.7 Å². The third-order valence-corrected chi connectivity index (χ3v) is 8.84. The van der Waals surface area contributed by atoms with E-state index in [-0.39, 0.29) is 39.5 Å². The summed E-state index contributed by atoms with van der Waals surface area (Å²) < 4.78 is 99.4. The third kappa shape index (κ3) is 7.32. The molecule has 0 unspecified atom stereocenters. The Morgan fingerprint density at radius 3 is 2.15 bits per heavy atom. The van der Waals surface area contributed by atoms with Gasteiger partial charge in [-0.2, -0.15) is 35.2 Å². The Morgan fingerprint density at radius 2 is 1.47 bits per heavy atom. The lowest BCUT2D eigenvalue weighted by molar-refractivity contribution is 0.471. The van der Waals surface area contributed by atoms with Crippen molar-refractivity contribution in [3.05, 3.63) is 77.2 Å². The van der Waals surface area contributed by atoms with E-state index in [0.29, 0.717) is 0 Å². The number of fused-ring (bicyclic) bond motifs is 1. The van der Waals surface area contributed by atoms with Crippen LogP contribution in [-0.4, -0.2) is 59.0 Å². The van der Waals surface area contributed by atoms with E-state index in [0.717, 1.165) is 36.4 Å². The lowest BCUT2D eigenvalue weighted by atomic mass is 10.1. The largest absolute Gasteiger partial charge is 0.507 e. The first-order valence-corrected chi connectivity index (χ1v) is 16.9. The number of nitrogens with zero attached hydrogens (tertiary/aromatic N) is 4. The summed E-state index contributed by atoms with van der Waals surface area (Å²) in [6, 6.07) is 12.8. The monoisotopic (exact) mass is 704 g/mol. The van der Waals surface area contributed by atoms with Crippen LogP contribution >= 0.6 is 0 Å². The lowest BCUT2D eigenvalue weighted by Gasteiger charge is -2.11. The number of H-pyrrole nitrogens is 1. The summed E-state index contributed by atoms with van der Waals surface area (Å²) in [5, 5.41) is 23.5. The quantitative estimate of drug-likeness (QED) is 0.0620. The van der Waals surface area contributed by atoms with Crippen molar-refractivity contribution in [1.82, 2.24) is 15.0 Å². The van der Waals surface area contributed by atoms with Crippen LogP contribution in [0.5, 0.6) is 5.75 Å². The number of anilines is 5. The van der Waals surface area contributed by atoms with Crippen molar-refractivity contribution in [3.8, 4) is 5.75 Å². The zero-order valence-electron chi connectivity index (χ0n) is 23.1. The van der Waals surface area contributed by atoms with Gasteiger partial charge in [0.25, 0.3) is 30.4 Å². The van der Waals surface area contributed by atoms with Gasteiger partial charge in [0.2, 0.25) is 11.9 Å². The molecule has 0 amide bonds. The maximum Gasteiger partial charge on any atom is 0.351 e. The minimum Gasteiger partial charge on any atom is -0.507 e. The molecule has 22 heteroatoms. The van der Waals surface area contributed by atoms with Gasteiger partial charge in [0.1, 0.15) is 26.9 Å². The zero-order valence-corrected chi connectivity index (χ0v) is 25.5. The van der Waals surface area contributed by atoms with E-state index in [4.69, 9.17) is 5.73 Å². The number of azo groups is 1. The maximum absolute atomic E-state index is 12.2. The molecule has 0 aliphatic carbocycles. The Balaban J connectivity index is 1.54. The van der Waals surface area contributed by atoms with E-state index in [9.17, 15) is 48.8 Å². The Bertz CT molecular complexity index is 2500. The van der Waals surface area contributed by atoms with Crippen molar-refractivity contribution in [3.63, 3.8) is 0 Å². The molecule has 47 heavy (non-hydrogen) atoms. The average molecular weight is 705 g/mol. The number of para-hydroxylation sites is 1. The molecule has 0 bridgehead atoms. The predicted octanol–water partition coefficient (Wildman–Crippen LogP) is 3.25. The highest BCUT2D eigenvalue weighted by Gasteiger charge is 2.20. The SMILES string of the molecule is Nc1ccc2cc(S(=O)(=O)O)cc(O)c2c1N=Nc1cc(Nc2nc(Nc3ccccc3S(=O)(=O)O)nc(=O)[nH]2)ccc1S(=O)(=O)O. The Labute approximate surface area is 264 Å². The molecule has 0 saturated heterocycles.